The molecule has 0 unspecified atom stereocenters. The number of rotatable bonds is 6. The fourth-order valence-electron chi connectivity index (χ4n) is 5.58. The molecule has 0 saturated carbocycles. The van der Waals surface area contributed by atoms with Crippen molar-refractivity contribution in [2.75, 3.05) is 32.4 Å². The van der Waals surface area contributed by atoms with Gasteiger partial charge in [-0.2, -0.15) is 10.1 Å². The summed E-state index contributed by atoms with van der Waals surface area (Å²) in [5.74, 6) is 2.08. The van der Waals surface area contributed by atoms with Gasteiger partial charge in [-0.3, -0.25) is 14.7 Å². The molecular weight excluding hydrogens is 530 g/mol. The summed E-state index contributed by atoms with van der Waals surface area (Å²) in [4.78, 5) is 48.1. The number of nitrogens with zero attached hydrogens (tertiary/aromatic N) is 6. The van der Waals surface area contributed by atoms with Crippen molar-refractivity contribution in [2.24, 2.45) is 0 Å². The summed E-state index contributed by atoms with van der Waals surface area (Å²) in [5.41, 5.74) is 9.35. The van der Waals surface area contributed by atoms with E-state index in [1.165, 1.54) is 23.4 Å². The second kappa shape index (κ2) is 10.1. The molecule has 2 saturated heterocycles. The number of piperazine rings is 1. The molecule has 13 heteroatoms. The first-order valence-corrected chi connectivity index (χ1v) is 13.5. The molecule has 2 aliphatic rings. The van der Waals surface area contributed by atoms with Gasteiger partial charge in [-0.05, 0) is 29.3 Å². The molecule has 204 valence electrons. The van der Waals surface area contributed by atoms with Crippen LogP contribution in [0.4, 0.5) is 9.93 Å². The standard InChI is InChI=1S/C27H27N9O3S/c1-3-9-34(27(39)29-2)35-15-23(37)36-20(11-16-7-8-19-18(10-16)12-30-32-19)25(38)33(14-22(35)36)13-17-5-4-6-21-24(17)31-26(28)40-21/h1,4-8,10,12,20,22H,9,11,13-15H2,2H3,(H2,28,31)(H,29,39)(H,30,32)/t20-,22+/m0/s1. The Kier molecular flexibility index (Phi) is 6.49. The number of hydrogen-bond acceptors (Lipinski definition) is 8. The van der Waals surface area contributed by atoms with Crippen molar-refractivity contribution in [1.82, 2.24) is 40.3 Å². The summed E-state index contributed by atoms with van der Waals surface area (Å²) in [6, 6.07) is 10.4. The third-order valence-electron chi connectivity index (χ3n) is 7.38. The van der Waals surface area contributed by atoms with Crippen LogP contribution in [0.1, 0.15) is 11.1 Å². The molecule has 4 aromatic rings. The highest BCUT2D eigenvalue weighted by Crippen LogP contribution is 2.32. The summed E-state index contributed by atoms with van der Waals surface area (Å²) in [6.45, 7) is 0.370. The number of nitrogens with two attached hydrogens (primary N) is 1. The number of aromatic amines is 1. The Morgan fingerprint density at radius 1 is 1.32 bits per heavy atom. The van der Waals surface area contributed by atoms with E-state index in [2.05, 4.69) is 26.4 Å². The van der Waals surface area contributed by atoms with E-state index < -0.39 is 18.2 Å². The fraction of sp³-hybridized carbons (Fsp3) is 0.296. The maximum atomic E-state index is 14.1. The molecule has 0 bridgehead atoms. The van der Waals surface area contributed by atoms with Crippen molar-refractivity contribution >= 4 is 55.4 Å². The Bertz CT molecular complexity index is 1670. The minimum Gasteiger partial charge on any atom is -0.375 e. The van der Waals surface area contributed by atoms with E-state index in [9.17, 15) is 14.4 Å². The zero-order chi connectivity index (χ0) is 28.0. The van der Waals surface area contributed by atoms with E-state index in [0.29, 0.717) is 11.6 Å². The number of thiazole rings is 1. The van der Waals surface area contributed by atoms with E-state index in [1.807, 2.05) is 36.4 Å². The molecule has 0 radical (unpaired) electrons. The normalized spacial score (nSPS) is 19.3. The van der Waals surface area contributed by atoms with Crippen LogP contribution in [0.3, 0.4) is 0 Å². The number of anilines is 1. The topological polar surface area (TPSA) is 144 Å². The number of amides is 4. The molecule has 0 spiro atoms. The SMILES string of the molecule is C#CCN(C(=O)NC)N1CC(=O)N2[C@@H](Cc3ccc4[nH]ncc4c3)C(=O)N(Cc3cccc4sc(N)nc34)C[C@@H]21. The molecule has 2 aliphatic heterocycles. The van der Waals surface area contributed by atoms with Crippen LogP contribution in [0.5, 0.6) is 0 Å². The summed E-state index contributed by atoms with van der Waals surface area (Å²) in [6.07, 6.45) is 7.02. The predicted octanol–water partition coefficient (Wildman–Crippen LogP) is 1.37. The highest BCUT2D eigenvalue weighted by molar-refractivity contribution is 7.22. The molecule has 2 atom stereocenters. The molecule has 2 aromatic heterocycles. The van der Waals surface area contributed by atoms with Crippen LogP contribution >= 0.6 is 11.3 Å². The molecule has 6 rings (SSSR count). The quantitative estimate of drug-likeness (QED) is 0.304. The van der Waals surface area contributed by atoms with Crippen LogP contribution in [0.25, 0.3) is 21.1 Å². The van der Waals surface area contributed by atoms with Crippen LogP contribution in [-0.4, -0.2) is 91.7 Å². The van der Waals surface area contributed by atoms with Gasteiger partial charge >= 0.3 is 6.03 Å². The van der Waals surface area contributed by atoms with Gasteiger partial charge < -0.3 is 20.9 Å². The average molecular weight is 558 g/mol. The highest BCUT2D eigenvalue weighted by Gasteiger charge is 2.52. The van der Waals surface area contributed by atoms with Crippen molar-refractivity contribution < 1.29 is 14.4 Å². The molecule has 2 aromatic carbocycles. The Labute approximate surface area is 233 Å². The van der Waals surface area contributed by atoms with Gasteiger partial charge in [0, 0.05) is 25.4 Å². The number of H-pyrrole nitrogens is 1. The van der Waals surface area contributed by atoms with Gasteiger partial charge in [-0.15, -0.1) is 6.42 Å². The maximum absolute atomic E-state index is 14.1. The number of carbonyl (C=O) groups is 3. The lowest BCUT2D eigenvalue weighted by Gasteiger charge is -2.46. The van der Waals surface area contributed by atoms with Gasteiger partial charge in [-0.25, -0.2) is 14.8 Å². The lowest BCUT2D eigenvalue weighted by molar-refractivity contribution is -0.157. The Morgan fingerprint density at radius 3 is 2.98 bits per heavy atom. The van der Waals surface area contributed by atoms with Gasteiger partial charge in [0.25, 0.3) is 0 Å². The molecule has 4 heterocycles. The first-order valence-electron chi connectivity index (χ1n) is 12.7. The number of fused-ring (bicyclic) bond motifs is 3. The van der Waals surface area contributed by atoms with E-state index in [4.69, 9.17) is 12.2 Å². The number of terminal acetylenes is 1. The van der Waals surface area contributed by atoms with E-state index >= 15 is 0 Å². The number of urea groups is 1. The number of nitrogen functional groups attached to an aromatic ring is 1. The average Bonchev–Trinajstić information content (AvgIpc) is 3.65. The zero-order valence-electron chi connectivity index (χ0n) is 21.7. The number of benzene rings is 2. The van der Waals surface area contributed by atoms with Crippen LogP contribution in [0, 0.1) is 12.3 Å². The van der Waals surface area contributed by atoms with Crippen molar-refractivity contribution in [3.05, 3.63) is 53.7 Å². The molecule has 2 fully saturated rings. The lowest BCUT2D eigenvalue weighted by atomic mass is 9.99. The summed E-state index contributed by atoms with van der Waals surface area (Å²) in [7, 11) is 1.51. The lowest BCUT2D eigenvalue weighted by Crippen LogP contribution is -2.66. The second-order valence-electron chi connectivity index (χ2n) is 9.74. The number of hydrazine groups is 1. The molecule has 40 heavy (non-hydrogen) atoms. The summed E-state index contributed by atoms with van der Waals surface area (Å²) >= 11 is 1.39. The van der Waals surface area contributed by atoms with Crippen molar-refractivity contribution in [3.8, 4) is 12.3 Å². The van der Waals surface area contributed by atoms with E-state index in [0.717, 1.165) is 32.2 Å². The minimum atomic E-state index is -0.780. The molecule has 12 nitrogen and oxygen atoms in total. The molecular formula is C27H27N9O3S. The van der Waals surface area contributed by atoms with Crippen molar-refractivity contribution in [3.63, 3.8) is 0 Å². The number of nitrogens with one attached hydrogen (secondary N) is 2. The first kappa shape index (κ1) is 25.6. The van der Waals surface area contributed by atoms with Gasteiger partial charge in [-0.1, -0.05) is 35.5 Å². The molecule has 4 amide bonds. The van der Waals surface area contributed by atoms with Gasteiger partial charge in [0.15, 0.2) is 5.13 Å². The second-order valence-corrected chi connectivity index (χ2v) is 10.8. The predicted molar refractivity (Wildman–Crippen MR) is 150 cm³/mol. The van der Waals surface area contributed by atoms with Crippen LogP contribution < -0.4 is 11.1 Å². The first-order chi connectivity index (χ1) is 19.4. The van der Waals surface area contributed by atoms with Gasteiger partial charge in [0.2, 0.25) is 11.8 Å². The maximum Gasteiger partial charge on any atom is 0.332 e. The van der Waals surface area contributed by atoms with Gasteiger partial charge in [0.1, 0.15) is 12.2 Å². The molecule has 4 N–H and O–H groups in total. The highest BCUT2D eigenvalue weighted by atomic mass is 32.1. The van der Waals surface area contributed by atoms with Crippen LogP contribution in [0.15, 0.2) is 42.6 Å². The zero-order valence-corrected chi connectivity index (χ0v) is 22.5. The van der Waals surface area contributed by atoms with Crippen LogP contribution in [0.2, 0.25) is 0 Å². The number of hydrogen-bond donors (Lipinski definition) is 3. The third-order valence-corrected chi connectivity index (χ3v) is 8.23. The molecule has 0 aliphatic carbocycles. The minimum absolute atomic E-state index is 0.0233. The number of carbonyl (C=O) groups excluding carboxylic acids is 3. The largest absolute Gasteiger partial charge is 0.375 e. The Hall–Kier alpha value is -4.67. The number of para-hydroxylation sites is 1. The smallest absolute Gasteiger partial charge is 0.332 e. The summed E-state index contributed by atoms with van der Waals surface area (Å²) in [5, 5.41) is 14.0. The fourth-order valence-corrected chi connectivity index (χ4v) is 6.37. The summed E-state index contributed by atoms with van der Waals surface area (Å²) < 4.78 is 0.934. The monoisotopic (exact) mass is 557 g/mol. The van der Waals surface area contributed by atoms with E-state index in [-0.39, 0.29) is 38.0 Å². The van der Waals surface area contributed by atoms with Crippen LogP contribution in [-0.2, 0) is 22.6 Å². The van der Waals surface area contributed by atoms with E-state index in [1.54, 1.807) is 21.0 Å². The van der Waals surface area contributed by atoms with Crippen molar-refractivity contribution in [1.29, 1.82) is 0 Å². The van der Waals surface area contributed by atoms with Gasteiger partial charge in [0.05, 0.1) is 41.6 Å². The Balaban J connectivity index is 1.38. The Morgan fingerprint density at radius 2 is 2.17 bits per heavy atom. The third kappa shape index (κ3) is 4.37. The number of aromatic nitrogens is 3. The van der Waals surface area contributed by atoms with Crippen molar-refractivity contribution in [2.45, 2.75) is 25.2 Å².